The van der Waals surface area contributed by atoms with E-state index in [4.69, 9.17) is 16.0 Å². The van der Waals surface area contributed by atoms with Gasteiger partial charge in [-0.05, 0) is 43.3 Å². The van der Waals surface area contributed by atoms with Crippen molar-refractivity contribution in [2.75, 3.05) is 4.90 Å². The summed E-state index contributed by atoms with van der Waals surface area (Å²) in [6, 6.07) is 17.9. The Kier molecular flexibility index (Phi) is 4.53. The highest BCUT2D eigenvalue weighted by atomic mass is 35.5. The van der Waals surface area contributed by atoms with Crippen LogP contribution in [0.15, 0.2) is 76.7 Å². The Morgan fingerprint density at radius 3 is 2.43 bits per heavy atom. The second-order valence-electron chi connectivity index (χ2n) is 6.46. The fourth-order valence-corrected chi connectivity index (χ4v) is 3.54. The summed E-state index contributed by atoms with van der Waals surface area (Å²) in [7, 11) is 0. The van der Waals surface area contributed by atoms with Crippen molar-refractivity contribution in [2.45, 2.75) is 13.0 Å². The van der Waals surface area contributed by atoms with Gasteiger partial charge in [0, 0.05) is 16.3 Å². The number of amides is 1. The topological polar surface area (TPSA) is 70.8 Å². The Labute approximate surface area is 166 Å². The number of para-hydroxylation sites is 1. The summed E-state index contributed by atoms with van der Waals surface area (Å²) in [5, 5.41) is 11.3. The number of furan rings is 1. The minimum Gasteiger partial charge on any atom is -0.507 e. The molecule has 1 aliphatic rings. The molecule has 1 unspecified atom stereocenters. The van der Waals surface area contributed by atoms with E-state index in [1.54, 1.807) is 61.5 Å². The van der Waals surface area contributed by atoms with Gasteiger partial charge in [-0.15, -0.1) is 0 Å². The Morgan fingerprint density at radius 1 is 1.04 bits per heavy atom. The molecule has 1 atom stereocenters. The summed E-state index contributed by atoms with van der Waals surface area (Å²) in [5.74, 6) is -0.770. The van der Waals surface area contributed by atoms with E-state index in [-0.39, 0.29) is 11.3 Å². The van der Waals surface area contributed by atoms with E-state index in [9.17, 15) is 14.7 Å². The standard InChI is InChI=1S/C22H16ClNO4/c1-13-10-11-17(28-13)19-18(20(25)14-6-5-7-15(23)12-14)21(26)22(27)24(19)16-8-3-2-4-9-16/h2-12,19,25H,1H3/b20-18-. The fraction of sp³-hybridized carbons (Fsp3) is 0.0909. The number of rotatable bonds is 3. The van der Waals surface area contributed by atoms with Gasteiger partial charge < -0.3 is 9.52 Å². The lowest BCUT2D eigenvalue weighted by Gasteiger charge is -2.23. The molecule has 140 valence electrons. The van der Waals surface area contributed by atoms with Gasteiger partial charge in [-0.2, -0.15) is 0 Å². The molecule has 0 radical (unpaired) electrons. The van der Waals surface area contributed by atoms with E-state index in [1.807, 2.05) is 6.07 Å². The molecular weight excluding hydrogens is 378 g/mol. The molecule has 0 saturated carbocycles. The lowest BCUT2D eigenvalue weighted by molar-refractivity contribution is -0.132. The number of hydrogen-bond acceptors (Lipinski definition) is 4. The van der Waals surface area contributed by atoms with E-state index in [0.717, 1.165) is 0 Å². The van der Waals surface area contributed by atoms with Crippen molar-refractivity contribution in [3.63, 3.8) is 0 Å². The van der Waals surface area contributed by atoms with Crippen LogP contribution >= 0.6 is 11.6 Å². The number of aliphatic hydroxyl groups excluding tert-OH is 1. The predicted octanol–water partition coefficient (Wildman–Crippen LogP) is 4.87. The van der Waals surface area contributed by atoms with Gasteiger partial charge in [0.15, 0.2) is 0 Å². The first-order valence-electron chi connectivity index (χ1n) is 8.65. The summed E-state index contributed by atoms with van der Waals surface area (Å²) in [5.41, 5.74) is 0.853. The Morgan fingerprint density at radius 2 is 1.79 bits per heavy atom. The molecule has 1 aliphatic heterocycles. The molecule has 2 heterocycles. The maximum atomic E-state index is 12.9. The van der Waals surface area contributed by atoms with E-state index in [1.165, 1.54) is 11.0 Å². The maximum Gasteiger partial charge on any atom is 0.300 e. The summed E-state index contributed by atoms with van der Waals surface area (Å²) < 4.78 is 5.74. The molecule has 5 nitrogen and oxygen atoms in total. The smallest absolute Gasteiger partial charge is 0.300 e. The van der Waals surface area contributed by atoms with Crippen LogP contribution in [0.2, 0.25) is 5.02 Å². The monoisotopic (exact) mass is 393 g/mol. The number of nitrogens with zero attached hydrogens (tertiary/aromatic N) is 1. The molecule has 3 aromatic rings. The van der Waals surface area contributed by atoms with E-state index >= 15 is 0 Å². The number of anilines is 1. The fourth-order valence-electron chi connectivity index (χ4n) is 3.35. The van der Waals surface area contributed by atoms with Crippen LogP contribution in [0, 0.1) is 6.92 Å². The van der Waals surface area contributed by atoms with Gasteiger partial charge in [0.05, 0.1) is 5.57 Å². The minimum absolute atomic E-state index is 0.0366. The molecule has 1 fully saturated rings. The van der Waals surface area contributed by atoms with Gasteiger partial charge in [-0.3, -0.25) is 14.5 Å². The van der Waals surface area contributed by atoms with Crippen LogP contribution in [-0.2, 0) is 9.59 Å². The third-order valence-corrected chi connectivity index (χ3v) is 4.84. The van der Waals surface area contributed by atoms with Gasteiger partial charge in [0.25, 0.3) is 11.7 Å². The zero-order valence-corrected chi connectivity index (χ0v) is 15.7. The highest BCUT2D eigenvalue weighted by Crippen LogP contribution is 2.42. The zero-order chi connectivity index (χ0) is 19.8. The van der Waals surface area contributed by atoms with Crippen LogP contribution in [0.4, 0.5) is 5.69 Å². The highest BCUT2D eigenvalue weighted by molar-refractivity contribution is 6.51. The first-order valence-corrected chi connectivity index (χ1v) is 9.03. The average molecular weight is 394 g/mol. The van der Waals surface area contributed by atoms with Crippen molar-refractivity contribution in [3.05, 3.63) is 94.4 Å². The van der Waals surface area contributed by atoms with Crippen molar-refractivity contribution < 1.29 is 19.1 Å². The quantitative estimate of drug-likeness (QED) is 0.391. The van der Waals surface area contributed by atoms with Crippen molar-refractivity contribution in [1.29, 1.82) is 0 Å². The Hall–Kier alpha value is -3.31. The third kappa shape index (κ3) is 3.00. The number of benzene rings is 2. The SMILES string of the molecule is Cc1ccc(C2/C(=C(/O)c3cccc(Cl)c3)C(=O)C(=O)N2c2ccccc2)o1. The first-order chi connectivity index (χ1) is 13.5. The number of ketones is 1. The first kappa shape index (κ1) is 18.1. The maximum absolute atomic E-state index is 12.9. The number of aryl methyl sites for hydroxylation is 1. The summed E-state index contributed by atoms with van der Waals surface area (Å²) in [6.45, 7) is 1.77. The number of halogens is 1. The molecule has 2 aromatic carbocycles. The van der Waals surface area contributed by atoms with E-state index in [2.05, 4.69) is 0 Å². The normalized spacial score (nSPS) is 18.6. The molecule has 0 aliphatic carbocycles. The van der Waals surface area contributed by atoms with Crippen molar-refractivity contribution in [3.8, 4) is 0 Å². The molecule has 1 saturated heterocycles. The molecule has 1 N–H and O–H groups in total. The summed E-state index contributed by atoms with van der Waals surface area (Å²) in [4.78, 5) is 27.1. The Balaban J connectivity index is 1.95. The van der Waals surface area contributed by atoms with Crippen LogP contribution < -0.4 is 4.90 Å². The zero-order valence-electron chi connectivity index (χ0n) is 14.9. The second kappa shape index (κ2) is 7.02. The van der Waals surface area contributed by atoms with Crippen LogP contribution in [0.5, 0.6) is 0 Å². The van der Waals surface area contributed by atoms with E-state index in [0.29, 0.717) is 27.8 Å². The van der Waals surface area contributed by atoms with Gasteiger partial charge in [-0.25, -0.2) is 0 Å². The average Bonchev–Trinajstić information content (AvgIpc) is 3.23. The molecule has 0 spiro atoms. The van der Waals surface area contributed by atoms with E-state index < -0.39 is 17.7 Å². The summed E-state index contributed by atoms with van der Waals surface area (Å²) >= 11 is 6.03. The number of carbonyl (C=O) groups excluding carboxylic acids is 2. The van der Waals surface area contributed by atoms with Crippen molar-refractivity contribution in [2.24, 2.45) is 0 Å². The summed E-state index contributed by atoms with van der Waals surface area (Å²) in [6.07, 6.45) is 0. The van der Waals surface area contributed by atoms with Crippen LogP contribution in [-0.4, -0.2) is 16.8 Å². The highest BCUT2D eigenvalue weighted by Gasteiger charge is 2.48. The van der Waals surface area contributed by atoms with Gasteiger partial charge >= 0.3 is 0 Å². The Bertz CT molecular complexity index is 1100. The number of Topliss-reactive ketones (excluding diaryl/α,β-unsaturated/α-hetero) is 1. The van der Waals surface area contributed by atoms with Crippen molar-refractivity contribution >= 4 is 34.7 Å². The number of hydrogen-bond donors (Lipinski definition) is 1. The molecular formula is C22H16ClNO4. The van der Waals surface area contributed by atoms with Crippen LogP contribution in [0.25, 0.3) is 5.76 Å². The third-order valence-electron chi connectivity index (χ3n) is 4.61. The predicted molar refractivity (Wildman–Crippen MR) is 106 cm³/mol. The van der Waals surface area contributed by atoms with Crippen LogP contribution in [0.3, 0.4) is 0 Å². The molecule has 0 bridgehead atoms. The number of carbonyl (C=O) groups is 2. The molecule has 4 rings (SSSR count). The molecule has 6 heteroatoms. The van der Waals surface area contributed by atoms with Gasteiger partial charge in [0.1, 0.15) is 23.3 Å². The largest absolute Gasteiger partial charge is 0.507 e. The second-order valence-corrected chi connectivity index (χ2v) is 6.90. The van der Waals surface area contributed by atoms with Crippen molar-refractivity contribution in [1.82, 2.24) is 0 Å². The van der Waals surface area contributed by atoms with Gasteiger partial charge in [-0.1, -0.05) is 41.9 Å². The van der Waals surface area contributed by atoms with Gasteiger partial charge in [0.2, 0.25) is 0 Å². The lowest BCUT2D eigenvalue weighted by Crippen LogP contribution is -2.29. The number of aliphatic hydroxyl groups is 1. The van der Waals surface area contributed by atoms with Crippen LogP contribution in [0.1, 0.15) is 23.1 Å². The lowest BCUT2D eigenvalue weighted by atomic mass is 9.99. The molecule has 1 amide bonds. The molecule has 1 aromatic heterocycles. The molecule has 28 heavy (non-hydrogen) atoms. The minimum atomic E-state index is -0.880.